The number of nitrogens with zero attached hydrogens (tertiary/aromatic N) is 2. The lowest BCUT2D eigenvalue weighted by molar-refractivity contribution is 0.355. The number of ether oxygens (including phenoxy) is 2. The van der Waals surface area contributed by atoms with Crippen LogP contribution in [0, 0.1) is 17.2 Å². The van der Waals surface area contributed by atoms with E-state index in [0.29, 0.717) is 0 Å². The highest BCUT2D eigenvalue weighted by molar-refractivity contribution is 5.56. The average Bonchev–Trinajstić information content (AvgIpc) is 2.46. The quantitative estimate of drug-likeness (QED) is 0.821. The molecular formula is C14H18N2O2. The van der Waals surface area contributed by atoms with Gasteiger partial charge in [0.1, 0.15) is 0 Å². The zero-order valence-corrected chi connectivity index (χ0v) is 10.8. The fourth-order valence-electron chi connectivity index (χ4n) is 2.29. The first-order chi connectivity index (χ1) is 8.78. The maximum atomic E-state index is 8.89. The average molecular weight is 246 g/mol. The van der Waals surface area contributed by atoms with Gasteiger partial charge in [-0.15, -0.1) is 0 Å². The van der Waals surface area contributed by atoms with Crippen molar-refractivity contribution in [3.8, 4) is 17.6 Å². The van der Waals surface area contributed by atoms with Crippen molar-refractivity contribution in [3.63, 3.8) is 0 Å². The van der Waals surface area contributed by atoms with Gasteiger partial charge in [-0.05, 0) is 25.0 Å². The molecule has 0 amide bonds. The Bertz CT molecular complexity index is 446. The van der Waals surface area contributed by atoms with Crippen molar-refractivity contribution in [2.24, 2.45) is 5.92 Å². The summed E-state index contributed by atoms with van der Waals surface area (Å²) in [6.45, 7) is 1.85. The summed E-state index contributed by atoms with van der Waals surface area (Å²) >= 11 is 0. The molecule has 0 unspecified atom stereocenters. The first-order valence-electron chi connectivity index (χ1n) is 6.15. The maximum Gasteiger partial charge on any atom is 0.162 e. The molecule has 1 aliphatic rings. The van der Waals surface area contributed by atoms with E-state index < -0.39 is 0 Å². The van der Waals surface area contributed by atoms with Crippen LogP contribution in [0.3, 0.4) is 0 Å². The Morgan fingerprint density at radius 3 is 2.39 bits per heavy atom. The summed E-state index contributed by atoms with van der Waals surface area (Å²) in [6, 6.07) is 8.29. The molecule has 1 aliphatic heterocycles. The standard InChI is InChI=1S/C14H18N2O2/c1-17-13-4-3-12(9-14(13)18-2)16-7-5-11(10-15)6-8-16/h3-4,9,11H,5-8H2,1-2H3. The fraction of sp³-hybridized carbons (Fsp3) is 0.500. The summed E-state index contributed by atoms with van der Waals surface area (Å²) < 4.78 is 10.5. The number of hydrogen-bond acceptors (Lipinski definition) is 4. The minimum atomic E-state index is 0.210. The highest BCUT2D eigenvalue weighted by Crippen LogP contribution is 2.32. The summed E-state index contributed by atoms with van der Waals surface area (Å²) in [4.78, 5) is 2.29. The third kappa shape index (κ3) is 2.51. The second kappa shape index (κ2) is 5.63. The molecule has 1 saturated heterocycles. The second-order valence-electron chi connectivity index (χ2n) is 4.43. The van der Waals surface area contributed by atoms with Crippen LogP contribution in [0.4, 0.5) is 5.69 Å². The van der Waals surface area contributed by atoms with E-state index in [1.807, 2.05) is 18.2 Å². The maximum absolute atomic E-state index is 8.89. The van der Waals surface area contributed by atoms with Crippen molar-refractivity contribution in [1.82, 2.24) is 0 Å². The molecule has 4 nitrogen and oxygen atoms in total. The van der Waals surface area contributed by atoms with E-state index in [-0.39, 0.29) is 5.92 Å². The lowest BCUT2D eigenvalue weighted by atomic mass is 9.98. The van der Waals surface area contributed by atoms with Crippen LogP contribution in [0.5, 0.6) is 11.5 Å². The van der Waals surface area contributed by atoms with E-state index in [9.17, 15) is 0 Å². The van der Waals surface area contributed by atoms with Crippen LogP contribution >= 0.6 is 0 Å². The van der Waals surface area contributed by atoms with Gasteiger partial charge in [0.15, 0.2) is 11.5 Å². The van der Waals surface area contributed by atoms with Crippen molar-refractivity contribution in [3.05, 3.63) is 18.2 Å². The predicted octanol–water partition coefficient (Wildman–Crippen LogP) is 2.44. The molecule has 0 radical (unpaired) electrons. The topological polar surface area (TPSA) is 45.5 Å². The van der Waals surface area contributed by atoms with Gasteiger partial charge >= 0.3 is 0 Å². The summed E-state index contributed by atoms with van der Waals surface area (Å²) in [5.74, 6) is 1.70. The lowest BCUT2D eigenvalue weighted by Crippen LogP contribution is -2.33. The van der Waals surface area contributed by atoms with E-state index >= 15 is 0 Å². The number of benzene rings is 1. The molecule has 0 atom stereocenters. The molecule has 1 fully saturated rings. The number of anilines is 1. The first kappa shape index (κ1) is 12.6. The molecule has 1 aromatic rings. The smallest absolute Gasteiger partial charge is 0.162 e. The molecule has 4 heteroatoms. The first-order valence-corrected chi connectivity index (χ1v) is 6.15. The van der Waals surface area contributed by atoms with Gasteiger partial charge in [-0.1, -0.05) is 0 Å². The van der Waals surface area contributed by atoms with E-state index in [0.717, 1.165) is 43.1 Å². The van der Waals surface area contributed by atoms with E-state index in [4.69, 9.17) is 14.7 Å². The third-order valence-electron chi connectivity index (χ3n) is 3.41. The minimum absolute atomic E-state index is 0.210. The van der Waals surface area contributed by atoms with E-state index in [1.54, 1.807) is 14.2 Å². The normalized spacial score (nSPS) is 16.2. The predicted molar refractivity (Wildman–Crippen MR) is 70.1 cm³/mol. The SMILES string of the molecule is COc1ccc(N2CCC(C#N)CC2)cc1OC. The number of hydrogen-bond donors (Lipinski definition) is 0. The zero-order chi connectivity index (χ0) is 13.0. The van der Waals surface area contributed by atoms with Crippen LogP contribution in [0.2, 0.25) is 0 Å². The molecule has 0 bridgehead atoms. The Hall–Kier alpha value is -1.89. The van der Waals surface area contributed by atoms with Crippen molar-refractivity contribution >= 4 is 5.69 Å². The summed E-state index contributed by atoms with van der Waals surface area (Å²) in [5, 5.41) is 8.89. The number of rotatable bonds is 3. The van der Waals surface area contributed by atoms with Gasteiger partial charge in [0.2, 0.25) is 0 Å². The Balaban J connectivity index is 2.12. The Morgan fingerprint density at radius 1 is 1.17 bits per heavy atom. The Kier molecular flexibility index (Phi) is 3.93. The highest BCUT2D eigenvalue weighted by atomic mass is 16.5. The van der Waals surface area contributed by atoms with Crippen molar-refractivity contribution in [2.75, 3.05) is 32.2 Å². The van der Waals surface area contributed by atoms with Gasteiger partial charge < -0.3 is 14.4 Å². The number of methoxy groups -OCH3 is 2. The van der Waals surface area contributed by atoms with Crippen molar-refractivity contribution < 1.29 is 9.47 Å². The van der Waals surface area contributed by atoms with Gasteiger partial charge in [-0.2, -0.15) is 5.26 Å². The third-order valence-corrected chi connectivity index (χ3v) is 3.41. The molecule has 1 aromatic carbocycles. The molecule has 0 saturated carbocycles. The fourth-order valence-corrected chi connectivity index (χ4v) is 2.29. The van der Waals surface area contributed by atoms with Gasteiger partial charge in [-0.25, -0.2) is 0 Å². The molecule has 0 aromatic heterocycles. The molecule has 1 heterocycles. The number of nitriles is 1. The van der Waals surface area contributed by atoms with Crippen LogP contribution in [-0.2, 0) is 0 Å². The van der Waals surface area contributed by atoms with Crippen LogP contribution in [-0.4, -0.2) is 27.3 Å². The van der Waals surface area contributed by atoms with Crippen LogP contribution in [0.15, 0.2) is 18.2 Å². The van der Waals surface area contributed by atoms with Crippen LogP contribution in [0.25, 0.3) is 0 Å². The van der Waals surface area contributed by atoms with Gasteiger partial charge in [0, 0.05) is 30.8 Å². The molecule has 18 heavy (non-hydrogen) atoms. The molecule has 96 valence electrons. The van der Waals surface area contributed by atoms with Crippen molar-refractivity contribution in [2.45, 2.75) is 12.8 Å². The highest BCUT2D eigenvalue weighted by Gasteiger charge is 2.19. The molecule has 0 aliphatic carbocycles. The van der Waals surface area contributed by atoms with E-state index in [1.165, 1.54) is 0 Å². The molecule has 0 spiro atoms. The van der Waals surface area contributed by atoms with Crippen molar-refractivity contribution in [1.29, 1.82) is 5.26 Å². The molecular weight excluding hydrogens is 228 g/mol. The summed E-state index contributed by atoms with van der Waals surface area (Å²) in [5.41, 5.74) is 1.13. The van der Waals surface area contributed by atoms with Crippen LogP contribution < -0.4 is 14.4 Å². The summed E-state index contributed by atoms with van der Waals surface area (Å²) in [6.07, 6.45) is 1.87. The lowest BCUT2D eigenvalue weighted by Gasteiger charge is -2.31. The summed E-state index contributed by atoms with van der Waals surface area (Å²) in [7, 11) is 3.28. The second-order valence-corrected chi connectivity index (χ2v) is 4.43. The largest absolute Gasteiger partial charge is 0.493 e. The monoisotopic (exact) mass is 246 g/mol. The zero-order valence-electron chi connectivity index (χ0n) is 10.8. The molecule has 2 rings (SSSR count). The van der Waals surface area contributed by atoms with Gasteiger partial charge in [-0.3, -0.25) is 0 Å². The number of piperidine rings is 1. The Labute approximate surface area is 108 Å². The minimum Gasteiger partial charge on any atom is -0.493 e. The van der Waals surface area contributed by atoms with E-state index in [2.05, 4.69) is 11.0 Å². The van der Waals surface area contributed by atoms with Gasteiger partial charge in [0.25, 0.3) is 0 Å². The van der Waals surface area contributed by atoms with Crippen LogP contribution in [0.1, 0.15) is 12.8 Å². The van der Waals surface area contributed by atoms with Gasteiger partial charge in [0.05, 0.1) is 20.3 Å². The Morgan fingerprint density at radius 2 is 1.83 bits per heavy atom. The molecule has 0 N–H and O–H groups in total.